The molecule has 0 saturated carbocycles. The fourth-order valence-corrected chi connectivity index (χ4v) is 6.41. The minimum absolute atomic E-state index is 0.0122. The highest BCUT2D eigenvalue weighted by Crippen LogP contribution is 2.44. The van der Waals surface area contributed by atoms with Gasteiger partial charge in [0.2, 0.25) is 0 Å². The molecule has 0 spiro atoms. The number of nitrogens with zero attached hydrogens (tertiary/aromatic N) is 3. The molecule has 3 atom stereocenters. The number of hydroxylamine groups is 2. The Hall–Kier alpha value is -1.74. The van der Waals surface area contributed by atoms with Crippen LogP contribution in [-0.2, 0) is 16.6 Å². The van der Waals surface area contributed by atoms with Crippen molar-refractivity contribution < 1.29 is 17.3 Å². The molecule has 0 N–H and O–H groups in total. The smallest absolute Gasteiger partial charge is 0.298 e. The Bertz CT molecular complexity index is 954. The van der Waals surface area contributed by atoms with E-state index in [9.17, 15) is 18.4 Å². The van der Waals surface area contributed by atoms with Crippen LogP contribution in [0.4, 0.5) is 0 Å². The van der Waals surface area contributed by atoms with E-state index >= 15 is 0 Å². The van der Waals surface area contributed by atoms with Crippen LogP contribution in [0.5, 0.6) is 0 Å². The van der Waals surface area contributed by atoms with Crippen LogP contribution in [0, 0.1) is 11.1 Å². The molecule has 0 radical (unpaired) electrons. The fraction of sp³-hybridized carbons (Fsp3) is 0.609. The molecule has 4 rings (SSSR count). The minimum Gasteiger partial charge on any atom is -0.611 e. The van der Waals surface area contributed by atoms with Crippen LogP contribution in [0.1, 0.15) is 54.9 Å². The zero-order valence-electron chi connectivity index (χ0n) is 18.5. The van der Waals surface area contributed by atoms with Gasteiger partial charge in [-0.25, -0.2) is 4.05 Å². The van der Waals surface area contributed by atoms with E-state index in [0.717, 1.165) is 38.7 Å². The van der Waals surface area contributed by atoms with Gasteiger partial charge in [-0.1, -0.05) is 31.9 Å². The van der Waals surface area contributed by atoms with Gasteiger partial charge >= 0.3 is 0 Å². The SMILES string of the molecule is CCC[C@@H]1C[N+]([O-])(S(C)(=O)=O)C2=CCN(C(=O)c3ccc(CN4CCCCC4)cc3)[C@@H]21. The second kappa shape index (κ2) is 8.65. The molecule has 1 aromatic carbocycles. The molecule has 2 saturated heterocycles. The summed E-state index contributed by atoms with van der Waals surface area (Å²) in [4.78, 5) is 17.5. The molecule has 1 amide bonds. The van der Waals surface area contributed by atoms with Crippen LogP contribution >= 0.6 is 0 Å². The Morgan fingerprint density at radius 1 is 1.16 bits per heavy atom. The Morgan fingerprint density at radius 3 is 2.45 bits per heavy atom. The molecule has 3 heterocycles. The first kappa shape index (κ1) is 22.5. The molecule has 2 fully saturated rings. The fourth-order valence-electron chi connectivity index (χ4n) is 5.39. The molecule has 8 heteroatoms. The quantitative estimate of drug-likeness (QED) is 0.495. The minimum atomic E-state index is -3.87. The largest absolute Gasteiger partial charge is 0.611 e. The van der Waals surface area contributed by atoms with E-state index in [1.54, 1.807) is 11.0 Å². The van der Waals surface area contributed by atoms with Gasteiger partial charge in [-0.15, -0.1) is 0 Å². The maximum absolute atomic E-state index is 13.3. The predicted octanol–water partition coefficient (Wildman–Crippen LogP) is 3.08. The van der Waals surface area contributed by atoms with E-state index in [1.807, 2.05) is 31.2 Å². The van der Waals surface area contributed by atoms with Crippen LogP contribution in [0.2, 0.25) is 0 Å². The summed E-state index contributed by atoms with van der Waals surface area (Å²) in [6, 6.07) is 7.30. The topological polar surface area (TPSA) is 80.7 Å². The van der Waals surface area contributed by atoms with Crippen molar-refractivity contribution >= 4 is 15.9 Å². The first-order valence-corrected chi connectivity index (χ1v) is 13.2. The molecule has 31 heavy (non-hydrogen) atoms. The van der Waals surface area contributed by atoms with Crippen molar-refractivity contribution in [3.8, 4) is 0 Å². The van der Waals surface area contributed by atoms with Gasteiger partial charge in [-0.3, -0.25) is 9.69 Å². The zero-order valence-corrected chi connectivity index (χ0v) is 19.3. The highest BCUT2D eigenvalue weighted by atomic mass is 32.2. The third kappa shape index (κ3) is 4.18. The van der Waals surface area contributed by atoms with Crippen molar-refractivity contribution in [2.24, 2.45) is 5.92 Å². The number of piperidine rings is 1. The summed E-state index contributed by atoms with van der Waals surface area (Å²) < 4.78 is 23.3. The van der Waals surface area contributed by atoms with E-state index in [1.165, 1.54) is 24.8 Å². The van der Waals surface area contributed by atoms with E-state index < -0.39 is 20.1 Å². The molecule has 170 valence electrons. The molecule has 3 aliphatic heterocycles. The number of rotatable bonds is 6. The van der Waals surface area contributed by atoms with Crippen molar-refractivity contribution in [1.82, 2.24) is 9.80 Å². The third-order valence-corrected chi connectivity index (χ3v) is 8.39. The molecule has 7 nitrogen and oxygen atoms in total. The highest BCUT2D eigenvalue weighted by molar-refractivity contribution is 7.85. The van der Waals surface area contributed by atoms with Crippen LogP contribution < -0.4 is 0 Å². The number of fused-ring (bicyclic) bond motifs is 1. The normalized spacial score (nSPS) is 29.1. The molecule has 1 aromatic rings. The van der Waals surface area contributed by atoms with E-state index in [0.29, 0.717) is 11.3 Å². The van der Waals surface area contributed by atoms with Crippen molar-refractivity contribution in [3.05, 3.63) is 52.4 Å². The predicted molar refractivity (Wildman–Crippen MR) is 120 cm³/mol. The van der Waals surface area contributed by atoms with E-state index in [-0.39, 0.29) is 24.9 Å². The number of sulfonamides is 1. The summed E-state index contributed by atoms with van der Waals surface area (Å²) in [6.07, 6.45) is 8.01. The molecular formula is C23H33N3O4S. The molecular weight excluding hydrogens is 414 g/mol. The van der Waals surface area contributed by atoms with Gasteiger partial charge in [0, 0.05) is 24.6 Å². The van der Waals surface area contributed by atoms with Crippen molar-refractivity contribution in [3.63, 3.8) is 0 Å². The summed E-state index contributed by atoms with van der Waals surface area (Å²) in [5, 5.41) is 13.3. The average molecular weight is 448 g/mol. The summed E-state index contributed by atoms with van der Waals surface area (Å²) in [7, 11) is -3.87. The second-order valence-electron chi connectivity index (χ2n) is 9.20. The first-order valence-electron chi connectivity index (χ1n) is 11.4. The number of hydrogen-bond acceptors (Lipinski definition) is 5. The van der Waals surface area contributed by atoms with Crippen LogP contribution in [0.25, 0.3) is 0 Å². The first-order chi connectivity index (χ1) is 14.7. The number of carbonyl (C=O) groups excluding carboxylic acids is 1. The molecule has 1 unspecified atom stereocenters. The van der Waals surface area contributed by atoms with Crippen molar-refractivity contribution in [2.75, 3.05) is 32.4 Å². The molecule has 0 aliphatic carbocycles. The lowest BCUT2D eigenvalue weighted by Gasteiger charge is -2.35. The Balaban J connectivity index is 1.51. The third-order valence-electron chi connectivity index (χ3n) is 6.96. The maximum atomic E-state index is 13.3. The zero-order chi connectivity index (χ0) is 22.2. The number of hydrogen-bond donors (Lipinski definition) is 0. The van der Waals surface area contributed by atoms with Gasteiger partial charge in [0.25, 0.3) is 15.9 Å². The van der Waals surface area contributed by atoms with Gasteiger partial charge in [0.05, 0.1) is 6.26 Å². The van der Waals surface area contributed by atoms with Crippen molar-refractivity contribution in [1.29, 1.82) is 0 Å². The van der Waals surface area contributed by atoms with Gasteiger partial charge < -0.3 is 10.1 Å². The number of amides is 1. The van der Waals surface area contributed by atoms with Gasteiger partial charge in [-0.05, 0) is 56.1 Å². The molecule has 3 aliphatic rings. The van der Waals surface area contributed by atoms with Crippen LogP contribution in [-0.4, -0.2) is 66.7 Å². The standard InChI is InChI=1S/C23H33N3O4S/c1-3-7-20-17-26(28,31(2,29)30)21-12-15-25(22(20)21)23(27)19-10-8-18(9-11-19)16-24-13-5-4-6-14-24/h8-12,20,22H,3-7,13-17H2,1-2H3/t20-,22-,26?/m1/s1. The summed E-state index contributed by atoms with van der Waals surface area (Å²) in [5.74, 6) is -0.280. The summed E-state index contributed by atoms with van der Waals surface area (Å²) >= 11 is 0. The number of quaternary nitrogens is 1. The lowest BCUT2D eigenvalue weighted by Crippen LogP contribution is -2.44. The van der Waals surface area contributed by atoms with Crippen molar-refractivity contribution in [2.45, 2.75) is 51.6 Å². The number of carbonyl (C=O) groups is 1. The Kier molecular flexibility index (Phi) is 6.27. The van der Waals surface area contributed by atoms with Gasteiger partial charge in [0.1, 0.15) is 18.3 Å². The van der Waals surface area contributed by atoms with E-state index in [4.69, 9.17) is 0 Å². The average Bonchev–Trinajstić information content (AvgIpc) is 3.30. The van der Waals surface area contributed by atoms with E-state index in [2.05, 4.69) is 4.90 Å². The second-order valence-corrected chi connectivity index (χ2v) is 11.3. The van der Waals surface area contributed by atoms with Gasteiger partial charge in [-0.2, -0.15) is 8.42 Å². The molecule has 0 aromatic heterocycles. The molecule has 0 bridgehead atoms. The lowest BCUT2D eigenvalue weighted by atomic mass is 9.96. The van der Waals surface area contributed by atoms with Crippen LogP contribution in [0.3, 0.4) is 0 Å². The highest BCUT2D eigenvalue weighted by Gasteiger charge is 2.55. The summed E-state index contributed by atoms with van der Waals surface area (Å²) in [6.45, 7) is 5.44. The number of likely N-dealkylation sites (tertiary alicyclic amines) is 1. The van der Waals surface area contributed by atoms with Crippen LogP contribution in [0.15, 0.2) is 36.0 Å². The maximum Gasteiger partial charge on any atom is 0.298 e. The van der Waals surface area contributed by atoms with Gasteiger partial charge in [0.15, 0.2) is 0 Å². The monoisotopic (exact) mass is 447 g/mol. The summed E-state index contributed by atoms with van der Waals surface area (Å²) in [5.41, 5.74) is 2.09. The number of benzene rings is 1. The lowest BCUT2D eigenvalue weighted by molar-refractivity contribution is -0.700. The Morgan fingerprint density at radius 2 is 1.84 bits per heavy atom. The Labute approximate surface area is 185 Å².